The molecule has 2 nitrogen and oxygen atoms in total. The van der Waals surface area contributed by atoms with Crippen LogP contribution in [0, 0.1) is 17.3 Å². The van der Waals surface area contributed by atoms with E-state index in [2.05, 4.69) is 13.8 Å². The number of carbonyl (C=O) groups excluding carboxylic acids is 1. The van der Waals surface area contributed by atoms with Gasteiger partial charge in [-0.25, -0.2) is 0 Å². The topological polar surface area (TPSA) is 20.3 Å². The van der Waals surface area contributed by atoms with Crippen LogP contribution in [0.15, 0.2) is 40.9 Å². The van der Waals surface area contributed by atoms with Gasteiger partial charge in [-0.3, -0.25) is 4.79 Å². The third kappa shape index (κ3) is 3.27. The maximum absolute atomic E-state index is 13.0. The maximum Gasteiger partial charge on any atom is 0.231 e. The number of para-hydroxylation sites is 1. The van der Waals surface area contributed by atoms with Crippen molar-refractivity contribution in [3.8, 4) is 0 Å². The number of nitrogens with zero attached hydrogens (tertiary/aromatic N) is 1. The molecule has 0 aromatic heterocycles. The summed E-state index contributed by atoms with van der Waals surface area (Å²) in [6.45, 7) is 8.22. The highest BCUT2D eigenvalue weighted by molar-refractivity contribution is 6.55. The predicted molar refractivity (Wildman–Crippen MR) is 89.6 cm³/mol. The van der Waals surface area contributed by atoms with E-state index >= 15 is 0 Å². The summed E-state index contributed by atoms with van der Waals surface area (Å²) in [6.07, 6.45) is 1.79. The Bertz CT molecular complexity index is 547. The van der Waals surface area contributed by atoms with Crippen LogP contribution in [-0.2, 0) is 4.79 Å². The predicted octanol–water partition coefficient (Wildman–Crippen LogP) is 5.02. The molecule has 0 spiro atoms. The molecular weight excluding hydrogens is 305 g/mol. The van der Waals surface area contributed by atoms with Gasteiger partial charge in [-0.15, -0.1) is 0 Å². The first-order valence-electron chi connectivity index (χ1n) is 7.17. The Labute approximate surface area is 136 Å². The smallest absolute Gasteiger partial charge is 0.231 e. The number of anilines is 1. The Balaban J connectivity index is 2.28. The van der Waals surface area contributed by atoms with Gasteiger partial charge in [-0.05, 0) is 43.4 Å². The SMILES string of the molecule is CC(C)N(C(=O)[C@H]1[C@@H](C=C(Cl)Cl)C1(C)C)c1ccccc1. The second-order valence-corrected chi connectivity index (χ2v) is 7.43. The molecule has 0 aliphatic heterocycles. The van der Waals surface area contributed by atoms with Crippen molar-refractivity contribution in [3.63, 3.8) is 0 Å². The van der Waals surface area contributed by atoms with Crippen LogP contribution >= 0.6 is 23.2 Å². The molecule has 0 unspecified atom stereocenters. The minimum Gasteiger partial charge on any atom is -0.310 e. The lowest BCUT2D eigenvalue weighted by Gasteiger charge is -2.27. The van der Waals surface area contributed by atoms with Gasteiger partial charge in [0.15, 0.2) is 0 Å². The van der Waals surface area contributed by atoms with Gasteiger partial charge >= 0.3 is 0 Å². The summed E-state index contributed by atoms with van der Waals surface area (Å²) >= 11 is 11.5. The molecule has 0 bridgehead atoms. The van der Waals surface area contributed by atoms with Crippen molar-refractivity contribution in [2.24, 2.45) is 17.3 Å². The fraction of sp³-hybridized carbons (Fsp3) is 0.471. The van der Waals surface area contributed by atoms with Crippen molar-refractivity contribution < 1.29 is 4.79 Å². The van der Waals surface area contributed by atoms with Crippen LogP contribution in [0.2, 0.25) is 0 Å². The highest BCUT2D eigenvalue weighted by atomic mass is 35.5. The summed E-state index contributed by atoms with van der Waals surface area (Å²) < 4.78 is 0.235. The molecule has 4 heteroatoms. The quantitative estimate of drug-likeness (QED) is 0.761. The monoisotopic (exact) mass is 325 g/mol. The van der Waals surface area contributed by atoms with Crippen LogP contribution in [0.3, 0.4) is 0 Å². The zero-order valence-electron chi connectivity index (χ0n) is 12.8. The molecule has 1 aromatic carbocycles. The summed E-state index contributed by atoms with van der Waals surface area (Å²) in [5, 5.41) is 0. The van der Waals surface area contributed by atoms with Crippen molar-refractivity contribution in [2.75, 3.05) is 4.90 Å². The molecule has 0 N–H and O–H groups in total. The minimum atomic E-state index is -0.103. The van der Waals surface area contributed by atoms with Gasteiger partial charge in [0.05, 0.1) is 5.92 Å². The van der Waals surface area contributed by atoms with Gasteiger partial charge < -0.3 is 4.90 Å². The Morgan fingerprint density at radius 1 is 1.24 bits per heavy atom. The number of hydrogen-bond acceptors (Lipinski definition) is 1. The molecule has 21 heavy (non-hydrogen) atoms. The zero-order valence-corrected chi connectivity index (χ0v) is 14.3. The number of allylic oxidation sites excluding steroid dienone is 1. The molecule has 1 aliphatic rings. The lowest BCUT2D eigenvalue weighted by atomic mass is 10.1. The van der Waals surface area contributed by atoms with E-state index in [9.17, 15) is 4.79 Å². The van der Waals surface area contributed by atoms with E-state index in [4.69, 9.17) is 23.2 Å². The van der Waals surface area contributed by atoms with Crippen LogP contribution in [-0.4, -0.2) is 11.9 Å². The molecule has 1 amide bonds. The maximum atomic E-state index is 13.0. The lowest BCUT2D eigenvalue weighted by molar-refractivity contribution is -0.120. The molecule has 1 aliphatic carbocycles. The number of rotatable bonds is 4. The molecule has 114 valence electrons. The van der Waals surface area contributed by atoms with E-state index in [0.29, 0.717) is 0 Å². The molecule has 1 aromatic rings. The first kappa shape index (κ1) is 16.4. The van der Waals surface area contributed by atoms with Crippen molar-refractivity contribution in [1.82, 2.24) is 0 Å². The van der Waals surface area contributed by atoms with Crippen LogP contribution in [0.1, 0.15) is 27.7 Å². The first-order valence-corrected chi connectivity index (χ1v) is 7.93. The van der Waals surface area contributed by atoms with E-state index in [1.54, 1.807) is 6.08 Å². The average Bonchev–Trinajstić information content (AvgIpc) is 2.90. The summed E-state index contributed by atoms with van der Waals surface area (Å²) in [5.41, 5.74) is 0.827. The third-order valence-corrected chi connectivity index (χ3v) is 4.52. The standard InChI is InChI=1S/C17H21Cl2NO/c1-11(2)20(12-8-6-5-7-9-12)16(21)15-13(10-14(18)19)17(15,3)4/h5-11,13,15H,1-4H3/t13-,15-/m1/s1. The van der Waals surface area contributed by atoms with E-state index in [0.717, 1.165) is 5.69 Å². The van der Waals surface area contributed by atoms with E-state index in [-0.39, 0.29) is 33.7 Å². The summed E-state index contributed by atoms with van der Waals surface area (Å²) in [5.74, 6) is 0.157. The fourth-order valence-electron chi connectivity index (χ4n) is 3.01. The summed E-state index contributed by atoms with van der Waals surface area (Å²) in [6, 6.07) is 9.88. The van der Waals surface area contributed by atoms with Gasteiger partial charge in [0, 0.05) is 11.7 Å². The molecule has 2 rings (SSSR count). The number of benzene rings is 1. The molecule has 1 fully saturated rings. The molecule has 0 saturated heterocycles. The van der Waals surface area contributed by atoms with Crippen molar-refractivity contribution in [2.45, 2.75) is 33.7 Å². The minimum absolute atomic E-state index is 0.0763. The van der Waals surface area contributed by atoms with Crippen LogP contribution in [0.4, 0.5) is 5.69 Å². The normalized spacial score (nSPS) is 22.8. The largest absolute Gasteiger partial charge is 0.310 e. The Morgan fingerprint density at radius 2 is 1.81 bits per heavy atom. The van der Waals surface area contributed by atoms with E-state index in [1.807, 2.05) is 49.1 Å². The molecule has 0 radical (unpaired) electrons. The van der Waals surface area contributed by atoms with Crippen molar-refractivity contribution >= 4 is 34.8 Å². The summed E-state index contributed by atoms with van der Waals surface area (Å²) in [7, 11) is 0. The van der Waals surface area contributed by atoms with Gasteiger partial charge in [0.1, 0.15) is 4.49 Å². The van der Waals surface area contributed by atoms with Gasteiger partial charge in [-0.2, -0.15) is 0 Å². The van der Waals surface area contributed by atoms with Crippen molar-refractivity contribution in [3.05, 3.63) is 40.9 Å². The number of halogens is 2. The number of carbonyl (C=O) groups is 1. The van der Waals surface area contributed by atoms with Crippen LogP contribution < -0.4 is 4.90 Å². The Hall–Kier alpha value is -0.990. The molecule has 1 saturated carbocycles. The van der Waals surface area contributed by atoms with Crippen molar-refractivity contribution in [1.29, 1.82) is 0 Å². The highest BCUT2D eigenvalue weighted by Crippen LogP contribution is 2.60. The van der Waals surface area contributed by atoms with E-state index in [1.165, 1.54) is 0 Å². The van der Waals surface area contributed by atoms with Gasteiger partial charge in [0.25, 0.3) is 0 Å². The highest BCUT2D eigenvalue weighted by Gasteiger charge is 2.61. The lowest BCUT2D eigenvalue weighted by Crippen LogP contribution is -2.39. The second kappa shape index (κ2) is 6.02. The Morgan fingerprint density at radius 3 is 2.29 bits per heavy atom. The Kier molecular flexibility index (Phi) is 4.69. The van der Waals surface area contributed by atoms with Crippen LogP contribution in [0.25, 0.3) is 0 Å². The summed E-state index contributed by atoms with van der Waals surface area (Å²) in [4.78, 5) is 14.8. The number of amides is 1. The first-order chi connectivity index (χ1) is 9.76. The fourth-order valence-corrected chi connectivity index (χ4v) is 3.29. The zero-order chi connectivity index (χ0) is 15.8. The van der Waals surface area contributed by atoms with Gasteiger partial charge in [0.2, 0.25) is 5.91 Å². The van der Waals surface area contributed by atoms with Crippen LogP contribution in [0.5, 0.6) is 0 Å². The van der Waals surface area contributed by atoms with Gasteiger partial charge in [-0.1, -0.05) is 55.2 Å². The molecule has 0 heterocycles. The molecule has 2 atom stereocenters. The average molecular weight is 326 g/mol. The second-order valence-electron chi connectivity index (χ2n) is 6.42. The third-order valence-electron chi connectivity index (χ3n) is 4.27. The van der Waals surface area contributed by atoms with E-state index < -0.39 is 0 Å². The number of hydrogen-bond donors (Lipinski definition) is 0. The molecular formula is C17H21Cl2NO.